The Morgan fingerprint density at radius 2 is 2.00 bits per heavy atom. The monoisotopic (exact) mass is 452 g/mol. The van der Waals surface area contributed by atoms with Crippen molar-refractivity contribution < 1.29 is 27.4 Å². The summed E-state index contributed by atoms with van der Waals surface area (Å²) >= 11 is 0. The fraction of sp³-hybridized carbons (Fsp3) is 0.545. The largest absolute Gasteiger partial charge is 0.444 e. The Morgan fingerprint density at radius 1 is 1.28 bits per heavy atom. The lowest BCUT2D eigenvalue weighted by Crippen LogP contribution is -2.32. The third-order valence-corrected chi connectivity index (χ3v) is 4.64. The Morgan fingerprint density at radius 3 is 2.66 bits per heavy atom. The van der Waals surface area contributed by atoms with Crippen LogP contribution in [0.3, 0.4) is 0 Å². The molecular formula is C22H27F3N4O3. The minimum atomic E-state index is -4.42. The third kappa shape index (κ3) is 6.79. The van der Waals surface area contributed by atoms with Crippen LogP contribution in [0.2, 0.25) is 0 Å². The van der Waals surface area contributed by atoms with Gasteiger partial charge in [-0.2, -0.15) is 18.3 Å². The molecule has 10 heteroatoms. The molecule has 0 bridgehead atoms. The van der Waals surface area contributed by atoms with Gasteiger partial charge in [0.2, 0.25) is 0 Å². The molecule has 0 radical (unpaired) electrons. The van der Waals surface area contributed by atoms with E-state index in [4.69, 9.17) is 9.47 Å². The SMILES string of the molecule is CC(C)(C)OC(=O)NCC#Cc1nn2c(NC3CCOCC3)cccc2c1CC(F)(F)F. The van der Waals surface area contributed by atoms with Gasteiger partial charge in [0.25, 0.3) is 0 Å². The molecule has 0 unspecified atom stereocenters. The molecule has 2 N–H and O–H groups in total. The van der Waals surface area contributed by atoms with Crippen molar-refractivity contribution in [2.45, 2.75) is 57.9 Å². The minimum Gasteiger partial charge on any atom is -0.444 e. The van der Waals surface area contributed by atoms with Gasteiger partial charge in [0.05, 0.1) is 18.5 Å². The van der Waals surface area contributed by atoms with Crippen molar-refractivity contribution in [1.82, 2.24) is 14.9 Å². The topological polar surface area (TPSA) is 76.9 Å². The zero-order valence-electron chi connectivity index (χ0n) is 18.3. The average molecular weight is 452 g/mol. The van der Waals surface area contributed by atoms with E-state index in [9.17, 15) is 18.0 Å². The summed E-state index contributed by atoms with van der Waals surface area (Å²) in [6.45, 7) is 6.36. The highest BCUT2D eigenvalue weighted by molar-refractivity contribution is 5.68. The van der Waals surface area contributed by atoms with Crippen molar-refractivity contribution in [2.24, 2.45) is 0 Å². The molecule has 3 rings (SSSR count). The molecule has 7 nitrogen and oxygen atoms in total. The number of nitrogens with one attached hydrogen (secondary N) is 2. The molecule has 0 aliphatic carbocycles. The van der Waals surface area contributed by atoms with E-state index >= 15 is 0 Å². The summed E-state index contributed by atoms with van der Waals surface area (Å²) in [6, 6.07) is 5.21. The fourth-order valence-electron chi connectivity index (χ4n) is 3.31. The summed E-state index contributed by atoms with van der Waals surface area (Å²) in [5, 5.41) is 10.2. The van der Waals surface area contributed by atoms with Crippen LogP contribution in [-0.2, 0) is 15.9 Å². The number of carbonyl (C=O) groups is 1. The maximum atomic E-state index is 13.3. The summed E-state index contributed by atoms with van der Waals surface area (Å²) < 4.78 is 51.7. The number of amides is 1. The number of carbonyl (C=O) groups excluding carboxylic acids is 1. The molecular weight excluding hydrogens is 425 g/mol. The van der Waals surface area contributed by atoms with Crippen molar-refractivity contribution in [1.29, 1.82) is 0 Å². The standard InChI is InChI=1S/C22H27F3N4O3/c1-21(2,3)32-20(30)26-11-5-6-17-16(14-22(23,24)25)18-7-4-8-19(29(18)28-17)27-15-9-12-31-13-10-15/h4,7-8,15,27H,9-14H2,1-3H3,(H,26,30). The minimum absolute atomic E-state index is 0.00195. The van der Waals surface area contributed by atoms with E-state index in [0.717, 1.165) is 12.8 Å². The second kappa shape index (κ2) is 9.69. The second-order valence-electron chi connectivity index (χ2n) is 8.52. The molecule has 1 saturated heterocycles. The molecule has 1 amide bonds. The van der Waals surface area contributed by atoms with Crippen LogP contribution in [0, 0.1) is 11.8 Å². The van der Waals surface area contributed by atoms with E-state index < -0.39 is 24.3 Å². The molecule has 0 aromatic carbocycles. The Balaban J connectivity index is 1.85. The van der Waals surface area contributed by atoms with Crippen LogP contribution in [0.5, 0.6) is 0 Å². The highest BCUT2D eigenvalue weighted by atomic mass is 19.4. The Kier molecular flexibility index (Phi) is 7.19. The second-order valence-corrected chi connectivity index (χ2v) is 8.52. The van der Waals surface area contributed by atoms with Gasteiger partial charge >= 0.3 is 12.3 Å². The number of alkyl halides is 3. The Bertz CT molecular complexity index is 1010. The van der Waals surface area contributed by atoms with E-state index in [-0.39, 0.29) is 23.8 Å². The number of aromatic nitrogens is 2. The molecule has 1 aliphatic rings. The summed E-state index contributed by atoms with van der Waals surface area (Å²) in [6.07, 6.45) is -4.62. The fourth-order valence-corrected chi connectivity index (χ4v) is 3.31. The molecule has 32 heavy (non-hydrogen) atoms. The normalized spacial score (nSPS) is 15.2. The quantitative estimate of drug-likeness (QED) is 0.688. The molecule has 174 valence electrons. The van der Waals surface area contributed by atoms with Gasteiger partial charge in [-0.3, -0.25) is 0 Å². The maximum Gasteiger partial charge on any atom is 0.408 e. The summed E-state index contributed by atoms with van der Waals surface area (Å²) in [5.74, 6) is 5.93. The lowest BCUT2D eigenvalue weighted by Gasteiger charge is -2.24. The van der Waals surface area contributed by atoms with Crippen LogP contribution in [-0.4, -0.2) is 53.3 Å². The van der Waals surface area contributed by atoms with Gasteiger partial charge in [-0.25, -0.2) is 9.31 Å². The molecule has 3 heterocycles. The van der Waals surface area contributed by atoms with E-state index in [1.54, 1.807) is 39.0 Å². The van der Waals surface area contributed by atoms with Gasteiger partial charge in [0.15, 0.2) is 0 Å². The van der Waals surface area contributed by atoms with Gasteiger partial charge < -0.3 is 20.1 Å². The summed E-state index contributed by atoms with van der Waals surface area (Å²) in [4.78, 5) is 11.7. The highest BCUT2D eigenvalue weighted by Gasteiger charge is 2.31. The lowest BCUT2D eigenvalue weighted by atomic mass is 10.1. The first-order valence-corrected chi connectivity index (χ1v) is 10.4. The Hall–Kier alpha value is -2.93. The number of alkyl carbamates (subject to hydrolysis) is 1. The predicted octanol–water partition coefficient (Wildman–Crippen LogP) is 3.91. The van der Waals surface area contributed by atoms with Crippen molar-refractivity contribution in [2.75, 3.05) is 25.1 Å². The van der Waals surface area contributed by atoms with Crippen molar-refractivity contribution in [3.05, 3.63) is 29.5 Å². The molecule has 2 aromatic rings. The number of hydrogen-bond acceptors (Lipinski definition) is 5. The summed E-state index contributed by atoms with van der Waals surface area (Å²) in [5.41, 5.74) is -0.302. The first-order valence-electron chi connectivity index (χ1n) is 10.4. The Labute approximate surface area is 184 Å². The molecule has 1 fully saturated rings. The van der Waals surface area contributed by atoms with E-state index in [0.29, 0.717) is 24.5 Å². The first kappa shape index (κ1) is 23.7. The molecule has 1 aliphatic heterocycles. The van der Waals surface area contributed by atoms with Crippen LogP contribution in [0.1, 0.15) is 44.9 Å². The number of nitrogens with zero attached hydrogens (tertiary/aromatic N) is 2. The van der Waals surface area contributed by atoms with Gasteiger partial charge in [-0.1, -0.05) is 12.0 Å². The number of rotatable bonds is 4. The van der Waals surface area contributed by atoms with Crippen LogP contribution >= 0.6 is 0 Å². The van der Waals surface area contributed by atoms with E-state index in [2.05, 4.69) is 27.6 Å². The molecule has 2 aromatic heterocycles. The van der Waals surface area contributed by atoms with Crippen LogP contribution < -0.4 is 10.6 Å². The zero-order valence-corrected chi connectivity index (χ0v) is 18.3. The number of halogens is 3. The number of fused-ring (bicyclic) bond motifs is 1. The highest BCUT2D eigenvalue weighted by Crippen LogP contribution is 2.28. The van der Waals surface area contributed by atoms with Crippen molar-refractivity contribution in [3.63, 3.8) is 0 Å². The van der Waals surface area contributed by atoms with Crippen LogP contribution in [0.25, 0.3) is 5.52 Å². The maximum absolute atomic E-state index is 13.3. The van der Waals surface area contributed by atoms with Gasteiger partial charge in [-0.05, 0) is 51.7 Å². The number of anilines is 1. The third-order valence-electron chi connectivity index (χ3n) is 4.64. The summed E-state index contributed by atoms with van der Waals surface area (Å²) in [7, 11) is 0. The van der Waals surface area contributed by atoms with Crippen molar-refractivity contribution in [3.8, 4) is 11.8 Å². The van der Waals surface area contributed by atoms with E-state index in [1.165, 1.54) is 4.52 Å². The van der Waals surface area contributed by atoms with Crippen molar-refractivity contribution >= 4 is 17.4 Å². The van der Waals surface area contributed by atoms with Crippen LogP contribution in [0.4, 0.5) is 23.8 Å². The lowest BCUT2D eigenvalue weighted by molar-refractivity contribution is -0.127. The average Bonchev–Trinajstić information content (AvgIpc) is 3.02. The number of ether oxygens (including phenoxy) is 2. The molecule has 0 saturated carbocycles. The van der Waals surface area contributed by atoms with Gasteiger partial charge in [0, 0.05) is 24.8 Å². The van der Waals surface area contributed by atoms with Gasteiger partial charge in [0.1, 0.15) is 17.1 Å². The van der Waals surface area contributed by atoms with E-state index in [1.807, 2.05) is 0 Å². The number of hydrogen-bond donors (Lipinski definition) is 2. The first-order chi connectivity index (χ1) is 15.0. The van der Waals surface area contributed by atoms with Crippen LogP contribution in [0.15, 0.2) is 18.2 Å². The van der Waals surface area contributed by atoms with Gasteiger partial charge in [-0.15, -0.1) is 0 Å². The number of pyridine rings is 1. The predicted molar refractivity (Wildman–Crippen MR) is 114 cm³/mol. The smallest absolute Gasteiger partial charge is 0.408 e. The molecule has 0 atom stereocenters. The molecule has 0 spiro atoms. The zero-order chi connectivity index (χ0) is 23.4.